The Morgan fingerprint density at radius 1 is 0.919 bits per heavy atom. The maximum atomic E-state index is 14.1. The predicted octanol–water partition coefficient (Wildman–Crippen LogP) is 3.19. The largest absolute Gasteiger partial charge is 0.348 e. The lowest BCUT2D eigenvalue weighted by molar-refractivity contribution is -0.204. The molecule has 5 aliphatic rings. The number of hydrogen-bond acceptors (Lipinski definition) is 7. The first-order valence-electron chi connectivity index (χ1n) is 12.9. The van der Waals surface area contributed by atoms with Gasteiger partial charge >= 0.3 is 5.97 Å². The van der Waals surface area contributed by atoms with Crippen LogP contribution in [0.5, 0.6) is 0 Å². The van der Waals surface area contributed by atoms with E-state index >= 15 is 0 Å². The standard InChI is InChI=1S/C28H28N4O5/c1-16-22(29(16)31-23(33)19-11-7-8-12-20(19)24(31)34)25(35)37-32-21-15-17-13-14-28(21,27(17,2)3)26(36)30(32)18-9-5-4-6-10-18/h4-12,16-17,21-22H,13-15H2,1-3H3/t16-,17+,21+,22+,28-,29?/m0/s1. The Labute approximate surface area is 214 Å². The second-order valence-electron chi connectivity index (χ2n) is 11.4. The van der Waals surface area contributed by atoms with Crippen LogP contribution < -0.4 is 5.01 Å². The van der Waals surface area contributed by atoms with Crippen LogP contribution in [0.25, 0.3) is 0 Å². The molecular weight excluding hydrogens is 472 g/mol. The van der Waals surface area contributed by atoms with Crippen molar-refractivity contribution < 1.29 is 24.0 Å². The molecule has 1 spiro atoms. The highest BCUT2D eigenvalue weighted by Gasteiger charge is 2.76. The number of anilines is 1. The summed E-state index contributed by atoms with van der Waals surface area (Å²) < 4.78 is 0. The van der Waals surface area contributed by atoms with Crippen LogP contribution >= 0.6 is 0 Å². The zero-order valence-electron chi connectivity index (χ0n) is 21.0. The molecule has 2 saturated heterocycles. The van der Waals surface area contributed by atoms with Crippen LogP contribution in [0, 0.1) is 16.7 Å². The highest BCUT2D eigenvalue weighted by molar-refractivity contribution is 6.21. The van der Waals surface area contributed by atoms with Crippen LogP contribution in [-0.4, -0.2) is 57.0 Å². The molecule has 7 rings (SSSR count). The van der Waals surface area contributed by atoms with Crippen molar-refractivity contribution in [2.45, 2.75) is 58.2 Å². The summed E-state index contributed by atoms with van der Waals surface area (Å²) in [5.74, 6) is -1.15. The second kappa shape index (κ2) is 7.26. The van der Waals surface area contributed by atoms with Gasteiger partial charge in [-0.1, -0.05) is 44.2 Å². The number of carbonyl (C=O) groups excluding carboxylic acids is 4. The van der Waals surface area contributed by atoms with Gasteiger partial charge in [0.05, 0.1) is 34.3 Å². The van der Waals surface area contributed by atoms with Gasteiger partial charge in [0.1, 0.15) is 6.04 Å². The number of imide groups is 1. The Balaban J connectivity index is 1.19. The van der Waals surface area contributed by atoms with Gasteiger partial charge in [-0.3, -0.25) is 14.4 Å². The molecule has 4 fully saturated rings. The lowest BCUT2D eigenvalue weighted by atomic mass is 9.68. The number of hydrazine groups is 2. The lowest BCUT2D eigenvalue weighted by Gasteiger charge is -2.34. The van der Waals surface area contributed by atoms with Crippen LogP contribution in [0.2, 0.25) is 0 Å². The van der Waals surface area contributed by atoms with E-state index in [1.54, 1.807) is 31.2 Å². The number of amides is 3. The van der Waals surface area contributed by atoms with Crippen molar-refractivity contribution in [2.75, 3.05) is 5.01 Å². The van der Waals surface area contributed by atoms with E-state index in [-0.39, 0.29) is 17.4 Å². The molecule has 2 bridgehead atoms. The smallest absolute Gasteiger partial charge is 0.345 e. The van der Waals surface area contributed by atoms with Crippen LogP contribution in [-0.2, 0) is 14.4 Å². The Morgan fingerprint density at radius 3 is 2.16 bits per heavy atom. The summed E-state index contributed by atoms with van der Waals surface area (Å²) in [6.07, 6.45) is 2.50. The van der Waals surface area contributed by atoms with E-state index in [2.05, 4.69) is 13.8 Å². The summed E-state index contributed by atoms with van der Waals surface area (Å²) >= 11 is 0. The Morgan fingerprint density at radius 2 is 1.54 bits per heavy atom. The SMILES string of the molecule is C[C@H]1[C@H](C(=O)ON2[C@@H]3C[C@H]4CC[C@]3(C(=O)N2c2ccccc2)C4(C)C)N1N1C(=O)c2ccccc2C1=O. The third-order valence-electron chi connectivity index (χ3n) is 9.67. The monoisotopic (exact) mass is 500 g/mol. The number of carbonyl (C=O) groups is 4. The molecule has 9 nitrogen and oxygen atoms in total. The fraction of sp³-hybridized carbons (Fsp3) is 0.429. The molecule has 0 aromatic heterocycles. The summed E-state index contributed by atoms with van der Waals surface area (Å²) in [5, 5.41) is 5.53. The van der Waals surface area contributed by atoms with Gasteiger partial charge < -0.3 is 4.84 Å². The van der Waals surface area contributed by atoms with Gasteiger partial charge in [-0.2, -0.15) is 5.01 Å². The van der Waals surface area contributed by atoms with E-state index in [0.29, 0.717) is 22.7 Å². The first-order chi connectivity index (χ1) is 17.7. The molecule has 6 atom stereocenters. The topological polar surface area (TPSA) is 90.2 Å². The molecule has 0 radical (unpaired) electrons. The maximum absolute atomic E-state index is 14.1. The molecule has 1 unspecified atom stereocenters. The van der Waals surface area contributed by atoms with Crippen molar-refractivity contribution in [1.29, 1.82) is 0 Å². The highest BCUT2D eigenvalue weighted by Crippen LogP contribution is 2.70. The average Bonchev–Trinajstić information content (AvgIpc) is 3.12. The van der Waals surface area contributed by atoms with Gasteiger partial charge in [0.15, 0.2) is 0 Å². The Hall–Kier alpha value is -3.56. The molecule has 3 aliphatic heterocycles. The van der Waals surface area contributed by atoms with Crippen LogP contribution in [0.3, 0.4) is 0 Å². The summed E-state index contributed by atoms with van der Waals surface area (Å²) in [6, 6.07) is 14.4. The molecule has 9 heteroatoms. The first-order valence-corrected chi connectivity index (χ1v) is 12.9. The fourth-order valence-corrected chi connectivity index (χ4v) is 7.53. The quantitative estimate of drug-likeness (QED) is 0.471. The molecular formula is C28H28N4O5. The van der Waals surface area contributed by atoms with Crippen molar-refractivity contribution >= 4 is 29.4 Å². The van der Waals surface area contributed by atoms with Gasteiger partial charge in [-0.25, -0.2) is 14.8 Å². The third kappa shape index (κ3) is 2.65. The molecule has 0 N–H and O–H groups in total. The number of hydroxylamine groups is 1. The molecule has 2 saturated carbocycles. The molecule has 2 aromatic carbocycles. The number of rotatable bonds is 4. The molecule has 190 valence electrons. The minimum atomic E-state index is -0.807. The van der Waals surface area contributed by atoms with Crippen molar-refractivity contribution in [1.82, 2.24) is 15.2 Å². The summed E-state index contributed by atoms with van der Waals surface area (Å²) in [6.45, 7) is 6.09. The molecule has 3 amide bonds. The van der Waals surface area contributed by atoms with Gasteiger partial charge in [-0.05, 0) is 67.0 Å². The van der Waals surface area contributed by atoms with Gasteiger partial charge in [0, 0.05) is 0 Å². The van der Waals surface area contributed by atoms with E-state index in [4.69, 9.17) is 4.84 Å². The predicted molar refractivity (Wildman–Crippen MR) is 131 cm³/mol. The fourth-order valence-electron chi connectivity index (χ4n) is 7.53. The zero-order chi connectivity index (χ0) is 25.9. The Bertz CT molecular complexity index is 1340. The van der Waals surface area contributed by atoms with Gasteiger partial charge in [0.25, 0.3) is 17.7 Å². The average molecular weight is 501 g/mol. The minimum absolute atomic E-state index is 0.0393. The van der Waals surface area contributed by atoms with E-state index in [1.807, 2.05) is 30.3 Å². The molecule has 2 aromatic rings. The van der Waals surface area contributed by atoms with Crippen molar-refractivity contribution in [3.05, 3.63) is 65.7 Å². The lowest BCUT2D eigenvalue weighted by Crippen LogP contribution is -2.46. The van der Waals surface area contributed by atoms with Crippen molar-refractivity contribution in [2.24, 2.45) is 16.7 Å². The summed E-state index contributed by atoms with van der Waals surface area (Å²) in [7, 11) is 0. The van der Waals surface area contributed by atoms with Crippen LogP contribution in [0.1, 0.15) is 60.7 Å². The highest BCUT2D eigenvalue weighted by atomic mass is 16.8. The number of hydrogen-bond donors (Lipinski definition) is 0. The van der Waals surface area contributed by atoms with Gasteiger partial charge in [0.2, 0.25) is 0 Å². The molecule has 37 heavy (non-hydrogen) atoms. The maximum Gasteiger partial charge on any atom is 0.348 e. The number of para-hydroxylation sites is 1. The van der Waals surface area contributed by atoms with Crippen molar-refractivity contribution in [3.8, 4) is 0 Å². The first kappa shape index (κ1) is 22.6. The van der Waals surface area contributed by atoms with Crippen LogP contribution in [0.4, 0.5) is 5.69 Å². The van der Waals surface area contributed by atoms with E-state index < -0.39 is 35.3 Å². The summed E-state index contributed by atoms with van der Waals surface area (Å²) in [4.78, 5) is 59.7. The number of nitrogens with zero attached hydrogens (tertiary/aromatic N) is 4. The molecule has 3 heterocycles. The van der Waals surface area contributed by atoms with E-state index in [1.165, 1.54) is 15.2 Å². The third-order valence-corrected chi connectivity index (χ3v) is 9.67. The van der Waals surface area contributed by atoms with Gasteiger partial charge in [-0.15, -0.1) is 0 Å². The zero-order valence-corrected chi connectivity index (χ0v) is 21.0. The molecule has 2 aliphatic carbocycles. The summed E-state index contributed by atoms with van der Waals surface area (Å²) in [5.41, 5.74) is 0.438. The minimum Gasteiger partial charge on any atom is -0.345 e. The van der Waals surface area contributed by atoms with Crippen LogP contribution in [0.15, 0.2) is 54.6 Å². The Kier molecular flexibility index (Phi) is 4.44. The van der Waals surface area contributed by atoms with Crippen molar-refractivity contribution in [3.63, 3.8) is 0 Å². The number of benzene rings is 2. The normalized spacial score (nSPS) is 35.2. The van der Waals surface area contributed by atoms with E-state index in [0.717, 1.165) is 24.3 Å². The van der Waals surface area contributed by atoms with E-state index in [9.17, 15) is 19.2 Å². The number of fused-ring (bicyclic) bond motifs is 2. The second-order valence-corrected chi connectivity index (χ2v) is 11.4.